The quantitative estimate of drug-likeness (QED) is 0.922. The summed E-state index contributed by atoms with van der Waals surface area (Å²) < 4.78 is 10.4. The summed E-state index contributed by atoms with van der Waals surface area (Å²) in [7, 11) is 1.59. The molecule has 0 spiro atoms. The molecule has 1 N–H and O–H groups in total. The van der Waals surface area contributed by atoms with Gasteiger partial charge in [0.2, 0.25) is 0 Å². The fourth-order valence-corrected chi connectivity index (χ4v) is 2.16. The maximum absolute atomic E-state index is 12.1. The zero-order chi connectivity index (χ0) is 15.5. The maximum atomic E-state index is 12.1. The third kappa shape index (κ3) is 3.43. The van der Waals surface area contributed by atoms with E-state index in [2.05, 4.69) is 10.5 Å². The summed E-state index contributed by atoms with van der Waals surface area (Å²) in [5.41, 5.74) is 0.630. The van der Waals surface area contributed by atoms with Crippen LogP contribution in [0, 0.1) is 6.92 Å². The average Bonchev–Trinajstić information content (AvgIpc) is 2.90. The lowest BCUT2D eigenvalue weighted by molar-refractivity contribution is 0.00314. The minimum Gasteiger partial charge on any atom is -0.372 e. The molecule has 0 fully saturated rings. The molecule has 1 aromatic carbocycles. The van der Waals surface area contributed by atoms with E-state index in [1.807, 2.05) is 25.1 Å². The lowest BCUT2D eigenvalue weighted by atomic mass is 9.95. The highest BCUT2D eigenvalue weighted by Gasteiger charge is 2.27. The monoisotopic (exact) mass is 308 g/mol. The molecule has 0 aliphatic rings. The Morgan fingerprint density at radius 3 is 2.86 bits per heavy atom. The van der Waals surface area contributed by atoms with Crippen LogP contribution in [0.25, 0.3) is 0 Å². The molecular weight excluding hydrogens is 292 g/mol. The number of halogens is 1. The number of aryl methyl sites for hydroxylation is 1. The van der Waals surface area contributed by atoms with E-state index in [0.29, 0.717) is 22.9 Å². The van der Waals surface area contributed by atoms with Crippen LogP contribution in [0.3, 0.4) is 0 Å². The van der Waals surface area contributed by atoms with Crippen LogP contribution in [0.4, 0.5) is 0 Å². The second-order valence-corrected chi connectivity index (χ2v) is 5.36. The van der Waals surface area contributed by atoms with Gasteiger partial charge in [-0.2, -0.15) is 0 Å². The Labute approximate surface area is 128 Å². The number of carbonyl (C=O) groups excluding carboxylic acids is 1. The van der Waals surface area contributed by atoms with Gasteiger partial charge in [-0.15, -0.1) is 0 Å². The Balaban J connectivity index is 2.12. The van der Waals surface area contributed by atoms with Gasteiger partial charge in [0.1, 0.15) is 16.9 Å². The second-order valence-electron chi connectivity index (χ2n) is 4.92. The van der Waals surface area contributed by atoms with Gasteiger partial charge in [0.05, 0.1) is 12.7 Å². The smallest absolute Gasteiger partial charge is 0.256 e. The molecule has 2 rings (SSSR count). The van der Waals surface area contributed by atoms with Crippen molar-refractivity contribution in [3.8, 4) is 0 Å². The largest absolute Gasteiger partial charge is 0.372 e. The molecule has 1 aromatic heterocycles. The topological polar surface area (TPSA) is 64.4 Å². The first-order chi connectivity index (χ1) is 9.96. The molecule has 0 aliphatic heterocycles. The van der Waals surface area contributed by atoms with Crippen molar-refractivity contribution >= 4 is 17.5 Å². The number of ether oxygens (including phenoxy) is 1. The lowest BCUT2D eigenvalue weighted by Crippen LogP contribution is -2.40. The number of hydrogen-bond donors (Lipinski definition) is 1. The van der Waals surface area contributed by atoms with Gasteiger partial charge in [-0.3, -0.25) is 4.79 Å². The molecule has 1 atom stereocenters. The molecule has 1 heterocycles. The molecule has 0 aliphatic carbocycles. The fraction of sp³-hybridized carbons (Fsp3) is 0.333. The summed E-state index contributed by atoms with van der Waals surface area (Å²) in [6.07, 6.45) is 1.40. The highest BCUT2D eigenvalue weighted by Crippen LogP contribution is 2.26. The Morgan fingerprint density at radius 2 is 2.29 bits per heavy atom. The van der Waals surface area contributed by atoms with Gasteiger partial charge >= 0.3 is 0 Å². The molecular formula is C15H17ClN2O3. The molecule has 0 bridgehead atoms. The molecule has 21 heavy (non-hydrogen) atoms. The van der Waals surface area contributed by atoms with Crippen LogP contribution in [0.5, 0.6) is 0 Å². The van der Waals surface area contributed by atoms with Gasteiger partial charge in [0.25, 0.3) is 5.91 Å². The second kappa shape index (κ2) is 6.28. The molecule has 112 valence electrons. The van der Waals surface area contributed by atoms with Crippen LogP contribution in [0.2, 0.25) is 5.02 Å². The first-order valence-corrected chi connectivity index (χ1v) is 6.85. The van der Waals surface area contributed by atoms with Crippen molar-refractivity contribution in [1.82, 2.24) is 10.5 Å². The van der Waals surface area contributed by atoms with E-state index in [1.165, 1.54) is 6.20 Å². The summed E-state index contributed by atoms with van der Waals surface area (Å²) in [5, 5.41) is 7.04. The van der Waals surface area contributed by atoms with Gasteiger partial charge in [-0.25, -0.2) is 0 Å². The molecule has 0 saturated carbocycles. The minimum atomic E-state index is -0.675. The van der Waals surface area contributed by atoms with E-state index in [0.717, 1.165) is 5.56 Å². The van der Waals surface area contributed by atoms with Gasteiger partial charge in [0, 0.05) is 12.1 Å². The van der Waals surface area contributed by atoms with E-state index in [1.54, 1.807) is 20.1 Å². The predicted octanol–water partition coefficient (Wildman–Crippen LogP) is 2.93. The fourth-order valence-electron chi connectivity index (χ4n) is 1.97. The van der Waals surface area contributed by atoms with Crippen molar-refractivity contribution < 1.29 is 14.1 Å². The summed E-state index contributed by atoms with van der Waals surface area (Å²) >= 11 is 6.01. The van der Waals surface area contributed by atoms with Crippen molar-refractivity contribution in [2.75, 3.05) is 13.7 Å². The molecule has 2 aromatic rings. The number of carbonyl (C=O) groups is 1. The summed E-state index contributed by atoms with van der Waals surface area (Å²) in [4.78, 5) is 12.1. The van der Waals surface area contributed by atoms with Crippen molar-refractivity contribution in [2.24, 2.45) is 0 Å². The van der Waals surface area contributed by atoms with E-state index in [9.17, 15) is 4.79 Å². The first-order valence-electron chi connectivity index (χ1n) is 6.47. The Bertz CT molecular complexity index is 641. The molecule has 5 nitrogen and oxygen atoms in total. The standard InChI is InChI=1S/C15H17ClN2O3/c1-10-13(8-18-21-10)14(19)17-9-15(2,20-3)11-5-4-6-12(16)7-11/h4-8H,9H2,1-3H3,(H,17,19)/t15-/m1/s1. The zero-order valence-corrected chi connectivity index (χ0v) is 12.9. The summed E-state index contributed by atoms with van der Waals surface area (Å²) in [5.74, 6) is 0.230. The van der Waals surface area contributed by atoms with E-state index in [-0.39, 0.29) is 5.91 Å². The van der Waals surface area contributed by atoms with Gasteiger partial charge in [0.15, 0.2) is 0 Å². The molecule has 0 radical (unpaired) electrons. The third-order valence-electron chi connectivity index (χ3n) is 3.47. The SMILES string of the molecule is CO[C@](C)(CNC(=O)c1cnoc1C)c1cccc(Cl)c1. The van der Waals surface area contributed by atoms with Crippen LogP contribution < -0.4 is 5.32 Å². The number of methoxy groups -OCH3 is 1. The van der Waals surface area contributed by atoms with E-state index < -0.39 is 5.60 Å². The zero-order valence-electron chi connectivity index (χ0n) is 12.1. The number of aromatic nitrogens is 1. The number of hydrogen-bond acceptors (Lipinski definition) is 4. The molecule has 0 saturated heterocycles. The van der Waals surface area contributed by atoms with Gasteiger partial charge < -0.3 is 14.6 Å². The van der Waals surface area contributed by atoms with Crippen molar-refractivity contribution in [3.63, 3.8) is 0 Å². The van der Waals surface area contributed by atoms with E-state index >= 15 is 0 Å². The summed E-state index contributed by atoms with van der Waals surface area (Å²) in [6.45, 7) is 3.88. The normalized spacial score (nSPS) is 13.7. The average molecular weight is 309 g/mol. The van der Waals surface area contributed by atoms with Crippen LogP contribution in [0.15, 0.2) is 35.0 Å². The number of nitrogens with one attached hydrogen (secondary N) is 1. The van der Waals surface area contributed by atoms with Gasteiger partial charge in [-0.1, -0.05) is 28.9 Å². The van der Waals surface area contributed by atoms with Crippen molar-refractivity contribution in [2.45, 2.75) is 19.4 Å². The highest BCUT2D eigenvalue weighted by atomic mass is 35.5. The van der Waals surface area contributed by atoms with Crippen molar-refractivity contribution in [3.05, 3.63) is 52.4 Å². The van der Waals surface area contributed by atoms with Crippen LogP contribution in [-0.4, -0.2) is 24.7 Å². The maximum Gasteiger partial charge on any atom is 0.256 e. The molecule has 6 heteroatoms. The summed E-state index contributed by atoms with van der Waals surface area (Å²) in [6, 6.07) is 7.37. The highest BCUT2D eigenvalue weighted by molar-refractivity contribution is 6.30. The minimum absolute atomic E-state index is 0.251. The lowest BCUT2D eigenvalue weighted by Gasteiger charge is -2.29. The van der Waals surface area contributed by atoms with Crippen molar-refractivity contribution in [1.29, 1.82) is 0 Å². The first kappa shape index (κ1) is 15.5. The molecule has 0 unspecified atom stereocenters. The van der Waals surface area contributed by atoms with E-state index in [4.69, 9.17) is 20.9 Å². The van der Waals surface area contributed by atoms with Crippen LogP contribution >= 0.6 is 11.6 Å². The number of rotatable bonds is 5. The van der Waals surface area contributed by atoms with Gasteiger partial charge in [-0.05, 0) is 31.5 Å². The predicted molar refractivity (Wildman–Crippen MR) is 79.4 cm³/mol. The third-order valence-corrected chi connectivity index (χ3v) is 3.70. The Kier molecular flexibility index (Phi) is 4.65. The number of nitrogens with zero attached hydrogens (tertiary/aromatic N) is 1. The number of benzene rings is 1. The van der Waals surface area contributed by atoms with Crippen LogP contribution in [0.1, 0.15) is 28.6 Å². The Morgan fingerprint density at radius 1 is 1.52 bits per heavy atom. The van der Waals surface area contributed by atoms with Crippen LogP contribution in [-0.2, 0) is 10.3 Å². The number of amides is 1. The Hall–Kier alpha value is -1.85. The molecule has 1 amide bonds.